The first-order valence-electron chi connectivity index (χ1n) is 12.3. The predicted octanol–water partition coefficient (Wildman–Crippen LogP) is 4.33. The van der Waals surface area contributed by atoms with Crippen molar-refractivity contribution >= 4 is 18.2 Å². The van der Waals surface area contributed by atoms with Crippen molar-refractivity contribution < 1.29 is 4.74 Å². The molecule has 0 aromatic heterocycles. The first kappa shape index (κ1) is 17.3. The summed E-state index contributed by atoms with van der Waals surface area (Å²) in [6, 6.07) is 9.81. The highest BCUT2D eigenvalue weighted by molar-refractivity contribution is 6.77. The fraction of sp³-hybridized carbons (Fsp3) is 0.720. The van der Waals surface area contributed by atoms with Crippen molar-refractivity contribution in [2.24, 2.45) is 16.8 Å². The van der Waals surface area contributed by atoms with Crippen molar-refractivity contribution in [3.05, 3.63) is 29.3 Å². The van der Waals surface area contributed by atoms with E-state index in [0.29, 0.717) is 24.2 Å². The van der Waals surface area contributed by atoms with Gasteiger partial charge in [-0.25, -0.2) is 4.99 Å². The minimum atomic E-state index is 0.437. The van der Waals surface area contributed by atoms with Gasteiger partial charge in [0.15, 0.2) is 6.71 Å². The Morgan fingerprint density at radius 1 is 0.931 bits per heavy atom. The Labute approximate surface area is 175 Å². The van der Waals surface area contributed by atoms with Gasteiger partial charge in [-0.05, 0) is 57.1 Å². The normalized spacial score (nSPS) is 44.1. The highest BCUT2D eigenvalue weighted by Gasteiger charge is 2.65. The average Bonchev–Trinajstić information content (AvgIpc) is 3.10. The summed E-state index contributed by atoms with van der Waals surface area (Å²) in [6.07, 6.45) is 11.3. The summed E-state index contributed by atoms with van der Waals surface area (Å²) in [4.78, 5) is 8.02. The molecule has 3 heterocycles. The molecule has 8 atom stereocenters. The summed E-state index contributed by atoms with van der Waals surface area (Å²) >= 11 is 0. The Morgan fingerprint density at radius 3 is 2.59 bits per heavy atom. The summed E-state index contributed by atoms with van der Waals surface area (Å²) in [5, 5.41) is 0. The van der Waals surface area contributed by atoms with E-state index >= 15 is 0 Å². The van der Waals surface area contributed by atoms with Crippen LogP contribution in [0, 0.1) is 25.7 Å². The summed E-state index contributed by atoms with van der Waals surface area (Å²) in [5.74, 6) is 3.16. The Kier molecular flexibility index (Phi) is 3.60. The van der Waals surface area contributed by atoms with E-state index < -0.39 is 0 Å². The molecule has 2 saturated heterocycles. The Hall–Kier alpha value is -1.45. The van der Waals surface area contributed by atoms with Gasteiger partial charge in [0.2, 0.25) is 0 Å². The van der Waals surface area contributed by atoms with Crippen LogP contribution >= 0.6 is 0 Å². The van der Waals surface area contributed by atoms with Crippen molar-refractivity contribution in [3.63, 3.8) is 0 Å². The van der Waals surface area contributed by atoms with Crippen LogP contribution in [-0.4, -0.2) is 41.9 Å². The van der Waals surface area contributed by atoms with E-state index in [1.165, 1.54) is 62.5 Å². The zero-order valence-corrected chi connectivity index (χ0v) is 17.9. The predicted molar refractivity (Wildman–Crippen MR) is 118 cm³/mol. The van der Waals surface area contributed by atoms with Crippen LogP contribution in [0.5, 0.6) is 0 Å². The fourth-order valence-electron chi connectivity index (χ4n) is 8.99. The van der Waals surface area contributed by atoms with E-state index in [9.17, 15) is 0 Å². The maximum Gasteiger partial charge on any atom is 0.288 e. The average molecular weight is 388 g/mol. The van der Waals surface area contributed by atoms with Crippen molar-refractivity contribution in [1.82, 2.24) is 4.90 Å². The van der Waals surface area contributed by atoms with Gasteiger partial charge in [0.05, 0.1) is 12.1 Å². The zero-order valence-electron chi connectivity index (χ0n) is 17.9. The Balaban J connectivity index is 1.42. The van der Waals surface area contributed by atoms with Crippen LogP contribution in [-0.2, 0) is 4.74 Å². The molecule has 5 fully saturated rings. The number of rotatable bonds is 1. The van der Waals surface area contributed by atoms with Gasteiger partial charge in [0.1, 0.15) is 6.10 Å². The third-order valence-corrected chi connectivity index (χ3v) is 9.81. The molecule has 7 rings (SSSR count). The van der Waals surface area contributed by atoms with Gasteiger partial charge in [-0.3, -0.25) is 0 Å². The number of hydrogen-bond donors (Lipinski definition) is 0. The quantitative estimate of drug-likeness (QED) is 0.669. The molecule has 0 N–H and O–H groups in total. The second-order valence-electron chi connectivity index (χ2n) is 11.0. The molecule has 3 aliphatic carbocycles. The summed E-state index contributed by atoms with van der Waals surface area (Å²) in [5.41, 5.74) is 4.76. The summed E-state index contributed by atoms with van der Waals surface area (Å²) in [6.45, 7) is 5.45. The molecule has 1 aromatic rings. The van der Waals surface area contributed by atoms with E-state index in [1.807, 2.05) is 0 Å². The van der Waals surface area contributed by atoms with Crippen molar-refractivity contribution in [1.29, 1.82) is 0 Å². The number of benzene rings is 1. The Bertz CT molecular complexity index is 863. The van der Waals surface area contributed by atoms with Gasteiger partial charge >= 0.3 is 0 Å². The third-order valence-electron chi connectivity index (χ3n) is 9.81. The number of amidine groups is 1. The van der Waals surface area contributed by atoms with E-state index in [0.717, 1.165) is 36.2 Å². The molecule has 0 amide bonds. The van der Waals surface area contributed by atoms with Gasteiger partial charge in [-0.1, -0.05) is 60.5 Å². The van der Waals surface area contributed by atoms with Crippen molar-refractivity contribution in [2.75, 3.05) is 0 Å². The lowest BCUT2D eigenvalue weighted by Gasteiger charge is -2.63. The molecule has 4 heteroatoms. The van der Waals surface area contributed by atoms with E-state index in [-0.39, 0.29) is 0 Å². The minimum Gasteiger partial charge on any atom is -0.461 e. The SMILES string of the molecule is Cc1cccc(C)c1B1C2CCCC3N=C4OC5CCCC6CCC1C(C65)N4C32. The van der Waals surface area contributed by atoms with Gasteiger partial charge in [-0.15, -0.1) is 0 Å². The molecule has 0 spiro atoms. The minimum absolute atomic E-state index is 0.437. The molecule has 3 nitrogen and oxygen atoms in total. The summed E-state index contributed by atoms with van der Waals surface area (Å²) in [7, 11) is 0. The number of aliphatic imine (C=N–C) groups is 1. The molecule has 152 valence electrons. The maximum atomic E-state index is 6.68. The second-order valence-corrected chi connectivity index (χ2v) is 11.0. The molecule has 6 aliphatic rings. The third kappa shape index (κ3) is 2.19. The first-order valence-corrected chi connectivity index (χ1v) is 12.3. The van der Waals surface area contributed by atoms with E-state index in [1.54, 1.807) is 5.46 Å². The van der Waals surface area contributed by atoms with Crippen LogP contribution in [0.15, 0.2) is 23.2 Å². The molecule has 0 radical (unpaired) electrons. The van der Waals surface area contributed by atoms with Crippen LogP contribution in [0.4, 0.5) is 0 Å². The number of aryl methyl sites for hydroxylation is 2. The van der Waals surface area contributed by atoms with E-state index in [2.05, 4.69) is 36.9 Å². The van der Waals surface area contributed by atoms with Gasteiger partial charge < -0.3 is 9.64 Å². The topological polar surface area (TPSA) is 24.8 Å². The molecule has 29 heavy (non-hydrogen) atoms. The zero-order chi connectivity index (χ0) is 19.3. The number of ether oxygens (including phenoxy) is 1. The molecule has 1 aromatic carbocycles. The maximum absolute atomic E-state index is 6.68. The van der Waals surface area contributed by atoms with Crippen LogP contribution < -0.4 is 5.46 Å². The smallest absolute Gasteiger partial charge is 0.288 e. The molecular weight excluding hydrogens is 355 g/mol. The lowest BCUT2D eigenvalue weighted by Crippen LogP contribution is -2.72. The first-order chi connectivity index (χ1) is 14.2. The van der Waals surface area contributed by atoms with Crippen LogP contribution in [0.1, 0.15) is 62.5 Å². The molecule has 3 aliphatic heterocycles. The van der Waals surface area contributed by atoms with Gasteiger partial charge in [-0.2, -0.15) is 0 Å². The lowest BCUT2D eigenvalue weighted by molar-refractivity contribution is -0.0848. The van der Waals surface area contributed by atoms with Crippen LogP contribution in [0.3, 0.4) is 0 Å². The second kappa shape index (κ2) is 6.05. The molecule has 3 saturated carbocycles. The Morgan fingerprint density at radius 2 is 1.72 bits per heavy atom. The standard InChI is InChI=1S/C25H33BN2O/c1-14-6-3-7-15(2)22(14)26-17-9-5-10-19-23(17)28-24-18(26)13-12-16-8-4-11-20(21(16)24)29-25(28)27-19/h3,6-7,16-21,23-24H,4-5,8-13H2,1-2H3. The van der Waals surface area contributed by atoms with Gasteiger partial charge in [0, 0.05) is 12.0 Å². The molecular formula is C25H33BN2O. The van der Waals surface area contributed by atoms with Crippen molar-refractivity contribution in [2.45, 2.75) is 101 Å². The molecule has 8 unspecified atom stereocenters. The lowest BCUT2D eigenvalue weighted by atomic mass is 9.22. The fourth-order valence-corrected chi connectivity index (χ4v) is 8.99. The largest absolute Gasteiger partial charge is 0.461 e. The number of nitrogens with zero attached hydrogens (tertiary/aromatic N) is 2. The highest BCUT2D eigenvalue weighted by atomic mass is 16.5. The summed E-state index contributed by atoms with van der Waals surface area (Å²) < 4.78 is 6.68. The number of hydrogen-bond acceptors (Lipinski definition) is 3. The monoisotopic (exact) mass is 388 g/mol. The molecule has 0 bridgehead atoms. The van der Waals surface area contributed by atoms with Crippen LogP contribution in [0.2, 0.25) is 11.6 Å². The highest BCUT2D eigenvalue weighted by Crippen LogP contribution is 2.60. The van der Waals surface area contributed by atoms with Gasteiger partial charge in [0.25, 0.3) is 6.02 Å². The van der Waals surface area contributed by atoms with Crippen molar-refractivity contribution in [3.8, 4) is 0 Å². The van der Waals surface area contributed by atoms with E-state index in [4.69, 9.17) is 9.73 Å². The van der Waals surface area contributed by atoms with Crippen LogP contribution in [0.25, 0.3) is 0 Å².